The van der Waals surface area contributed by atoms with E-state index in [1.165, 1.54) is 13.0 Å². The Bertz CT molecular complexity index is 350. The third kappa shape index (κ3) is 3.07. The molecular formula is C13H23N3O. The van der Waals surface area contributed by atoms with Crippen LogP contribution in [0.2, 0.25) is 0 Å². The molecule has 96 valence electrons. The zero-order valence-electron chi connectivity index (χ0n) is 11.1. The van der Waals surface area contributed by atoms with Crippen LogP contribution in [0.25, 0.3) is 0 Å². The van der Waals surface area contributed by atoms with Gasteiger partial charge < -0.3 is 14.6 Å². The second-order valence-corrected chi connectivity index (χ2v) is 4.94. The maximum absolute atomic E-state index is 5.86. The molecule has 1 N–H and O–H groups in total. The predicted octanol–water partition coefficient (Wildman–Crippen LogP) is 1.63. The minimum Gasteiger partial charge on any atom is -0.445 e. The molecule has 1 aliphatic heterocycles. The Morgan fingerprint density at radius 2 is 2.47 bits per heavy atom. The van der Waals surface area contributed by atoms with E-state index in [1.54, 1.807) is 0 Å². The molecule has 0 amide bonds. The highest BCUT2D eigenvalue weighted by Gasteiger charge is 2.26. The van der Waals surface area contributed by atoms with Gasteiger partial charge in [-0.1, -0.05) is 6.92 Å². The van der Waals surface area contributed by atoms with E-state index in [0.29, 0.717) is 12.0 Å². The number of rotatable bonds is 5. The standard InChI is InChI=1S/C13H23N3O/c1-4-16-6-5-11(9-16)13-15-8-12(17-13)7-10(2)14-3/h8,10-11,14H,4-7,9H2,1-3H3. The zero-order valence-corrected chi connectivity index (χ0v) is 11.1. The van der Waals surface area contributed by atoms with Crippen LogP contribution in [0.1, 0.15) is 37.8 Å². The van der Waals surface area contributed by atoms with Crippen LogP contribution >= 0.6 is 0 Å². The summed E-state index contributed by atoms with van der Waals surface area (Å²) in [5, 5.41) is 3.21. The number of hydrogen-bond acceptors (Lipinski definition) is 4. The SMILES string of the molecule is CCN1CCC(c2ncc(CC(C)NC)o2)C1. The molecule has 2 rings (SSSR count). The first-order valence-electron chi connectivity index (χ1n) is 6.57. The van der Waals surface area contributed by atoms with Gasteiger partial charge in [0.05, 0.1) is 6.20 Å². The minimum atomic E-state index is 0.437. The van der Waals surface area contributed by atoms with Crippen LogP contribution in [0, 0.1) is 0 Å². The van der Waals surface area contributed by atoms with Crippen LogP contribution in [0.3, 0.4) is 0 Å². The van der Waals surface area contributed by atoms with Crippen LogP contribution in [0.15, 0.2) is 10.6 Å². The van der Waals surface area contributed by atoms with Crippen molar-refractivity contribution in [3.63, 3.8) is 0 Å². The second kappa shape index (κ2) is 5.65. The molecule has 4 heteroatoms. The molecule has 1 aromatic rings. The molecule has 1 aromatic heterocycles. The monoisotopic (exact) mass is 237 g/mol. The van der Waals surface area contributed by atoms with Crippen molar-refractivity contribution in [2.24, 2.45) is 0 Å². The van der Waals surface area contributed by atoms with Gasteiger partial charge in [-0.05, 0) is 33.5 Å². The first kappa shape index (κ1) is 12.6. The van der Waals surface area contributed by atoms with Gasteiger partial charge in [-0.15, -0.1) is 0 Å². The van der Waals surface area contributed by atoms with Crippen molar-refractivity contribution in [1.82, 2.24) is 15.2 Å². The van der Waals surface area contributed by atoms with Crippen LogP contribution in [-0.4, -0.2) is 42.6 Å². The van der Waals surface area contributed by atoms with E-state index in [2.05, 4.69) is 29.0 Å². The number of nitrogens with one attached hydrogen (secondary N) is 1. The van der Waals surface area contributed by atoms with Gasteiger partial charge in [-0.3, -0.25) is 0 Å². The molecule has 0 aromatic carbocycles. The Morgan fingerprint density at radius 3 is 3.12 bits per heavy atom. The Labute approximate surface area is 103 Å². The summed E-state index contributed by atoms with van der Waals surface area (Å²) >= 11 is 0. The molecule has 0 radical (unpaired) electrons. The van der Waals surface area contributed by atoms with Crippen LogP contribution in [-0.2, 0) is 6.42 Å². The highest BCUT2D eigenvalue weighted by atomic mass is 16.4. The minimum absolute atomic E-state index is 0.437. The van der Waals surface area contributed by atoms with Gasteiger partial charge in [0.1, 0.15) is 5.76 Å². The number of aromatic nitrogens is 1. The summed E-state index contributed by atoms with van der Waals surface area (Å²) in [5.41, 5.74) is 0. The van der Waals surface area contributed by atoms with Crippen molar-refractivity contribution in [3.8, 4) is 0 Å². The Kier molecular flexibility index (Phi) is 4.18. The predicted molar refractivity (Wildman–Crippen MR) is 68.2 cm³/mol. The topological polar surface area (TPSA) is 41.3 Å². The molecule has 1 saturated heterocycles. The molecule has 2 heterocycles. The van der Waals surface area contributed by atoms with Crippen molar-refractivity contribution >= 4 is 0 Å². The Balaban J connectivity index is 1.94. The number of oxazole rings is 1. The molecular weight excluding hydrogens is 214 g/mol. The number of likely N-dealkylation sites (N-methyl/N-ethyl adjacent to an activating group) is 2. The summed E-state index contributed by atoms with van der Waals surface area (Å²) in [5.74, 6) is 2.42. The van der Waals surface area contributed by atoms with Gasteiger partial charge in [0, 0.05) is 24.9 Å². The number of hydrogen-bond donors (Lipinski definition) is 1. The Hall–Kier alpha value is -0.870. The van der Waals surface area contributed by atoms with Gasteiger partial charge in [-0.2, -0.15) is 0 Å². The molecule has 17 heavy (non-hydrogen) atoms. The largest absolute Gasteiger partial charge is 0.445 e. The van der Waals surface area contributed by atoms with E-state index in [4.69, 9.17) is 4.42 Å². The molecule has 2 unspecified atom stereocenters. The van der Waals surface area contributed by atoms with Crippen LogP contribution in [0.5, 0.6) is 0 Å². The van der Waals surface area contributed by atoms with Crippen LogP contribution < -0.4 is 5.32 Å². The third-order valence-corrected chi connectivity index (χ3v) is 3.64. The average molecular weight is 237 g/mol. The van der Waals surface area contributed by atoms with Gasteiger partial charge in [0.25, 0.3) is 0 Å². The van der Waals surface area contributed by atoms with E-state index in [1.807, 2.05) is 13.2 Å². The molecule has 0 aliphatic carbocycles. The van der Waals surface area contributed by atoms with Crippen molar-refractivity contribution in [3.05, 3.63) is 17.8 Å². The quantitative estimate of drug-likeness (QED) is 0.845. The van der Waals surface area contributed by atoms with Crippen molar-refractivity contribution in [2.45, 2.75) is 38.6 Å². The first-order valence-corrected chi connectivity index (χ1v) is 6.57. The van der Waals surface area contributed by atoms with E-state index >= 15 is 0 Å². The van der Waals surface area contributed by atoms with E-state index in [0.717, 1.165) is 31.2 Å². The summed E-state index contributed by atoms with van der Waals surface area (Å²) in [6.45, 7) is 7.75. The van der Waals surface area contributed by atoms with E-state index in [9.17, 15) is 0 Å². The summed E-state index contributed by atoms with van der Waals surface area (Å²) in [6.07, 6.45) is 3.97. The molecule has 0 bridgehead atoms. The Morgan fingerprint density at radius 1 is 1.65 bits per heavy atom. The van der Waals surface area contributed by atoms with Gasteiger partial charge in [0.15, 0.2) is 5.89 Å². The number of likely N-dealkylation sites (tertiary alicyclic amines) is 1. The van der Waals surface area contributed by atoms with Crippen molar-refractivity contribution in [1.29, 1.82) is 0 Å². The van der Waals surface area contributed by atoms with E-state index < -0.39 is 0 Å². The average Bonchev–Trinajstić information content (AvgIpc) is 2.96. The van der Waals surface area contributed by atoms with Crippen molar-refractivity contribution in [2.75, 3.05) is 26.7 Å². The highest BCUT2D eigenvalue weighted by Crippen LogP contribution is 2.26. The lowest BCUT2D eigenvalue weighted by Gasteiger charge is -2.11. The summed E-state index contributed by atoms with van der Waals surface area (Å²) in [6, 6.07) is 0.437. The normalized spacial score (nSPS) is 23.1. The van der Waals surface area contributed by atoms with Gasteiger partial charge in [-0.25, -0.2) is 4.98 Å². The maximum Gasteiger partial charge on any atom is 0.198 e. The zero-order chi connectivity index (χ0) is 12.3. The molecule has 1 aliphatic rings. The first-order chi connectivity index (χ1) is 8.22. The fraction of sp³-hybridized carbons (Fsp3) is 0.769. The smallest absolute Gasteiger partial charge is 0.198 e. The third-order valence-electron chi connectivity index (χ3n) is 3.64. The molecule has 4 nitrogen and oxygen atoms in total. The van der Waals surface area contributed by atoms with Gasteiger partial charge >= 0.3 is 0 Å². The van der Waals surface area contributed by atoms with E-state index in [-0.39, 0.29) is 0 Å². The van der Waals surface area contributed by atoms with Crippen LogP contribution in [0.4, 0.5) is 0 Å². The summed E-state index contributed by atoms with van der Waals surface area (Å²) in [7, 11) is 1.97. The molecule has 0 spiro atoms. The lowest BCUT2D eigenvalue weighted by atomic mass is 10.1. The highest BCUT2D eigenvalue weighted by molar-refractivity contribution is 5.03. The lowest BCUT2D eigenvalue weighted by molar-refractivity contribution is 0.341. The second-order valence-electron chi connectivity index (χ2n) is 4.94. The molecule has 0 saturated carbocycles. The lowest BCUT2D eigenvalue weighted by Crippen LogP contribution is -2.23. The molecule has 1 fully saturated rings. The van der Waals surface area contributed by atoms with Gasteiger partial charge in [0.2, 0.25) is 0 Å². The number of nitrogens with zero attached hydrogens (tertiary/aromatic N) is 2. The molecule has 2 atom stereocenters. The van der Waals surface area contributed by atoms with Crippen molar-refractivity contribution < 1.29 is 4.42 Å². The fourth-order valence-corrected chi connectivity index (χ4v) is 2.33. The summed E-state index contributed by atoms with van der Waals surface area (Å²) in [4.78, 5) is 6.88. The maximum atomic E-state index is 5.86. The fourth-order valence-electron chi connectivity index (χ4n) is 2.33. The summed E-state index contributed by atoms with van der Waals surface area (Å²) < 4.78 is 5.86.